The normalized spacial score (nSPS) is 22.2. The molecule has 172 valence electrons. The summed E-state index contributed by atoms with van der Waals surface area (Å²) in [7, 11) is 3.38. The molecule has 5 nitrogen and oxygen atoms in total. The van der Waals surface area contributed by atoms with Crippen LogP contribution in [0.1, 0.15) is 60.6 Å². The van der Waals surface area contributed by atoms with Gasteiger partial charge in [-0.3, -0.25) is 4.79 Å². The Hall–Kier alpha value is -2.37. The molecule has 1 heterocycles. The average Bonchev–Trinajstić information content (AvgIpc) is 3.07. The van der Waals surface area contributed by atoms with Crippen molar-refractivity contribution in [1.29, 1.82) is 0 Å². The Morgan fingerprint density at radius 1 is 1.09 bits per heavy atom. The van der Waals surface area contributed by atoms with Gasteiger partial charge in [0, 0.05) is 12.5 Å². The maximum atomic E-state index is 13.3. The Bertz CT molecular complexity index is 934. The van der Waals surface area contributed by atoms with E-state index in [1.807, 2.05) is 18.2 Å². The molecule has 1 N–H and O–H groups in total. The molecule has 1 amide bonds. The monoisotopic (exact) mass is 436 g/mol. The van der Waals surface area contributed by atoms with Crippen LogP contribution >= 0.6 is 0 Å². The van der Waals surface area contributed by atoms with E-state index in [-0.39, 0.29) is 23.5 Å². The SMILES string of the molecule is COc1ccccc1C(=O)N[C@@H]1c2ccccc2C2(CCN(CCC(C)C)CC2)[C@H]1OC. The number of fused-ring (bicyclic) bond motifs is 2. The largest absolute Gasteiger partial charge is 0.496 e. The Morgan fingerprint density at radius 3 is 2.47 bits per heavy atom. The van der Waals surface area contributed by atoms with Crippen molar-refractivity contribution in [3.05, 3.63) is 65.2 Å². The van der Waals surface area contributed by atoms with Crippen molar-refractivity contribution in [2.75, 3.05) is 33.9 Å². The number of likely N-dealkylation sites (tertiary alicyclic amines) is 1. The van der Waals surface area contributed by atoms with Gasteiger partial charge in [-0.15, -0.1) is 0 Å². The van der Waals surface area contributed by atoms with Crippen molar-refractivity contribution in [2.45, 2.75) is 50.7 Å². The summed E-state index contributed by atoms with van der Waals surface area (Å²) in [5.74, 6) is 1.17. The summed E-state index contributed by atoms with van der Waals surface area (Å²) in [4.78, 5) is 15.9. The van der Waals surface area contributed by atoms with Crippen LogP contribution < -0.4 is 10.1 Å². The van der Waals surface area contributed by atoms with Crippen LogP contribution in [0.25, 0.3) is 0 Å². The van der Waals surface area contributed by atoms with Crippen molar-refractivity contribution in [3.63, 3.8) is 0 Å². The van der Waals surface area contributed by atoms with Crippen molar-refractivity contribution >= 4 is 5.91 Å². The zero-order valence-corrected chi connectivity index (χ0v) is 19.8. The number of benzene rings is 2. The Balaban J connectivity index is 1.59. The topological polar surface area (TPSA) is 50.8 Å². The molecular weight excluding hydrogens is 400 g/mol. The van der Waals surface area contributed by atoms with Crippen molar-refractivity contribution < 1.29 is 14.3 Å². The third kappa shape index (κ3) is 4.16. The summed E-state index contributed by atoms with van der Waals surface area (Å²) in [6.45, 7) is 7.85. The van der Waals surface area contributed by atoms with Crippen LogP contribution in [0.15, 0.2) is 48.5 Å². The van der Waals surface area contributed by atoms with Crippen LogP contribution in [0.4, 0.5) is 0 Å². The fourth-order valence-electron chi connectivity index (χ4n) is 5.59. The lowest BCUT2D eigenvalue weighted by atomic mass is 9.72. The van der Waals surface area contributed by atoms with Gasteiger partial charge in [-0.2, -0.15) is 0 Å². The first-order chi connectivity index (χ1) is 15.5. The molecule has 0 saturated carbocycles. The summed E-state index contributed by atoms with van der Waals surface area (Å²) >= 11 is 0. The van der Waals surface area contributed by atoms with Gasteiger partial charge in [0.1, 0.15) is 5.75 Å². The van der Waals surface area contributed by atoms with E-state index in [0.29, 0.717) is 11.3 Å². The number of para-hydroxylation sites is 1. The van der Waals surface area contributed by atoms with Crippen LogP contribution in [0.5, 0.6) is 5.75 Å². The molecular formula is C27H36N2O3. The third-order valence-electron chi connectivity index (χ3n) is 7.34. The molecule has 5 heteroatoms. The van der Waals surface area contributed by atoms with E-state index >= 15 is 0 Å². The molecule has 2 aromatic rings. The number of piperidine rings is 1. The minimum Gasteiger partial charge on any atom is -0.496 e. The minimum atomic E-state index is -0.184. The number of nitrogens with one attached hydrogen (secondary N) is 1. The highest BCUT2D eigenvalue weighted by atomic mass is 16.5. The van der Waals surface area contributed by atoms with Gasteiger partial charge >= 0.3 is 0 Å². The lowest BCUT2D eigenvalue weighted by Crippen LogP contribution is -2.50. The predicted octanol–water partition coefficient (Wildman–Crippen LogP) is 4.57. The molecule has 0 bridgehead atoms. The number of rotatable bonds is 7. The lowest BCUT2D eigenvalue weighted by molar-refractivity contribution is -0.0116. The number of hydrogen-bond donors (Lipinski definition) is 1. The number of amides is 1. The molecule has 0 unspecified atom stereocenters. The number of nitrogens with zero attached hydrogens (tertiary/aromatic N) is 1. The molecule has 32 heavy (non-hydrogen) atoms. The van der Waals surface area contributed by atoms with E-state index in [4.69, 9.17) is 9.47 Å². The molecule has 2 atom stereocenters. The highest BCUT2D eigenvalue weighted by Gasteiger charge is 2.54. The van der Waals surface area contributed by atoms with E-state index in [1.54, 1.807) is 20.3 Å². The molecule has 1 aliphatic carbocycles. The van der Waals surface area contributed by atoms with Crippen LogP contribution in [-0.2, 0) is 10.2 Å². The Kier molecular flexibility index (Phi) is 6.87. The van der Waals surface area contributed by atoms with Crippen LogP contribution in [0.3, 0.4) is 0 Å². The van der Waals surface area contributed by atoms with Gasteiger partial charge in [-0.05, 0) is 68.1 Å². The highest BCUT2D eigenvalue weighted by Crippen LogP contribution is 2.52. The zero-order chi connectivity index (χ0) is 22.7. The summed E-state index contributed by atoms with van der Waals surface area (Å²) in [6, 6.07) is 15.7. The number of carbonyl (C=O) groups is 1. The molecule has 1 aliphatic heterocycles. The third-order valence-corrected chi connectivity index (χ3v) is 7.34. The summed E-state index contributed by atoms with van der Waals surface area (Å²) < 4.78 is 11.6. The smallest absolute Gasteiger partial charge is 0.255 e. The molecule has 0 radical (unpaired) electrons. The van der Waals surface area contributed by atoms with Crippen molar-refractivity contribution in [3.8, 4) is 5.75 Å². The van der Waals surface area contributed by atoms with Gasteiger partial charge < -0.3 is 19.7 Å². The van der Waals surface area contributed by atoms with E-state index in [9.17, 15) is 4.79 Å². The first-order valence-electron chi connectivity index (χ1n) is 11.8. The lowest BCUT2D eigenvalue weighted by Gasteiger charge is -2.44. The van der Waals surface area contributed by atoms with Gasteiger partial charge in [0.2, 0.25) is 0 Å². The number of ether oxygens (including phenoxy) is 2. The van der Waals surface area contributed by atoms with E-state index in [1.165, 1.54) is 17.5 Å². The second-order valence-electron chi connectivity index (χ2n) is 9.58. The van der Waals surface area contributed by atoms with Gasteiger partial charge in [-0.25, -0.2) is 0 Å². The van der Waals surface area contributed by atoms with E-state index < -0.39 is 0 Å². The molecule has 1 saturated heterocycles. The number of hydrogen-bond acceptors (Lipinski definition) is 4. The van der Waals surface area contributed by atoms with Crippen LogP contribution in [0.2, 0.25) is 0 Å². The maximum Gasteiger partial charge on any atom is 0.255 e. The van der Waals surface area contributed by atoms with Crippen molar-refractivity contribution in [1.82, 2.24) is 10.2 Å². The standard InChI is InChI=1S/C27H36N2O3/c1-19(2)13-16-29-17-14-27(15-18-29)22-11-7-5-9-20(22)24(25(27)32-4)28-26(30)21-10-6-8-12-23(21)31-3/h5-12,19,24-25H,13-18H2,1-4H3,(H,28,30)/t24-,25+/m1/s1. The summed E-state index contributed by atoms with van der Waals surface area (Å²) in [5, 5.41) is 3.29. The van der Waals surface area contributed by atoms with Gasteiger partial charge in [0.25, 0.3) is 5.91 Å². The fourth-order valence-corrected chi connectivity index (χ4v) is 5.59. The Morgan fingerprint density at radius 2 is 1.78 bits per heavy atom. The van der Waals surface area contributed by atoms with Gasteiger partial charge in [0.15, 0.2) is 0 Å². The fraction of sp³-hybridized carbons (Fsp3) is 0.519. The molecule has 2 aliphatic rings. The number of carbonyl (C=O) groups excluding carboxylic acids is 1. The molecule has 0 aromatic heterocycles. The van der Waals surface area contributed by atoms with E-state index in [0.717, 1.165) is 38.4 Å². The second-order valence-corrected chi connectivity index (χ2v) is 9.58. The van der Waals surface area contributed by atoms with Gasteiger partial charge in [-0.1, -0.05) is 50.2 Å². The van der Waals surface area contributed by atoms with Gasteiger partial charge in [0.05, 0.1) is 24.8 Å². The summed E-state index contributed by atoms with van der Waals surface area (Å²) in [6.07, 6.45) is 3.23. The summed E-state index contributed by atoms with van der Waals surface area (Å²) in [5.41, 5.74) is 2.99. The average molecular weight is 437 g/mol. The molecule has 4 rings (SSSR count). The highest BCUT2D eigenvalue weighted by molar-refractivity contribution is 5.97. The predicted molar refractivity (Wildman–Crippen MR) is 127 cm³/mol. The molecule has 1 fully saturated rings. The first kappa shape index (κ1) is 22.8. The van der Waals surface area contributed by atoms with Crippen molar-refractivity contribution in [2.24, 2.45) is 5.92 Å². The van der Waals surface area contributed by atoms with E-state index in [2.05, 4.69) is 48.3 Å². The quantitative estimate of drug-likeness (QED) is 0.691. The first-order valence-corrected chi connectivity index (χ1v) is 11.8. The molecule has 1 spiro atoms. The molecule has 2 aromatic carbocycles. The maximum absolute atomic E-state index is 13.3. The zero-order valence-electron chi connectivity index (χ0n) is 19.8. The van der Waals surface area contributed by atoms with Crippen LogP contribution in [0, 0.1) is 5.92 Å². The Labute approximate surface area is 192 Å². The minimum absolute atomic E-state index is 0.0710. The van der Waals surface area contributed by atoms with Crippen LogP contribution in [-0.4, -0.2) is 50.8 Å². The second kappa shape index (κ2) is 9.63. The number of methoxy groups -OCH3 is 2.